The molecule has 2 unspecified atom stereocenters. The van der Waals surface area contributed by atoms with Crippen LogP contribution in [0.1, 0.15) is 43.5 Å². The monoisotopic (exact) mass is 234 g/mol. The van der Waals surface area contributed by atoms with Gasteiger partial charge in [-0.3, -0.25) is 4.98 Å². The third kappa shape index (κ3) is 3.51. The number of nitrogens with one attached hydrogen (secondary N) is 1. The second-order valence-corrected chi connectivity index (χ2v) is 4.71. The molecule has 1 aliphatic rings. The van der Waals surface area contributed by atoms with Gasteiger partial charge in [0.15, 0.2) is 0 Å². The topological polar surface area (TPSA) is 34.1 Å². The molecule has 2 rings (SSSR count). The minimum Gasteiger partial charge on any atom is -0.378 e. The van der Waals surface area contributed by atoms with Crippen molar-refractivity contribution >= 4 is 0 Å². The van der Waals surface area contributed by atoms with Crippen molar-refractivity contribution in [2.24, 2.45) is 0 Å². The zero-order valence-electron chi connectivity index (χ0n) is 10.8. The Morgan fingerprint density at radius 1 is 1.53 bits per heavy atom. The maximum absolute atomic E-state index is 5.71. The van der Waals surface area contributed by atoms with E-state index in [0.717, 1.165) is 25.3 Å². The predicted octanol–water partition coefficient (Wildman–Crippen LogP) is 2.61. The molecule has 94 valence electrons. The first-order valence-corrected chi connectivity index (χ1v) is 6.57. The van der Waals surface area contributed by atoms with E-state index in [9.17, 15) is 0 Å². The molecule has 17 heavy (non-hydrogen) atoms. The van der Waals surface area contributed by atoms with Gasteiger partial charge in [-0.15, -0.1) is 0 Å². The maximum Gasteiger partial charge on any atom is 0.0594 e. The first-order chi connectivity index (χ1) is 8.29. The Morgan fingerprint density at radius 2 is 2.41 bits per heavy atom. The number of aryl methyl sites for hydroxylation is 1. The average Bonchev–Trinajstić information content (AvgIpc) is 2.82. The molecule has 0 saturated carbocycles. The van der Waals surface area contributed by atoms with Gasteiger partial charge in [-0.05, 0) is 44.4 Å². The van der Waals surface area contributed by atoms with Crippen molar-refractivity contribution in [1.82, 2.24) is 10.3 Å². The smallest absolute Gasteiger partial charge is 0.0594 e. The standard InChI is InChI=1S/C14H22N2O/c1-3-15-14(9-13-5-4-8-17-13)12-7-6-11(2)16-10-12/h6-7,10,13-15H,3-5,8-9H2,1-2H3. The number of hydrogen-bond donors (Lipinski definition) is 1. The summed E-state index contributed by atoms with van der Waals surface area (Å²) in [7, 11) is 0. The van der Waals surface area contributed by atoms with Gasteiger partial charge >= 0.3 is 0 Å². The molecule has 0 amide bonds. The summed E-state index contributed by atoms with van der Waals surface area (Å²) in [5.41, 5.74) is 2.34. The molecule has 2 heterocycles. The van der Waals surface area contributed by atoms with E-state index >= 15 is 0 Å². The molecule has 0 spiro atoms. The third-order valence-corrected chi connectivity index (χ3v) is 3.31. The predicted molar refractivity (Wildman–Crippen MR) is 69.0 cm³/mol. The van der Waals surface area contributed by atoms with Gasteiger partial charge in [0.25, 0.3) is 0 Å². The number of rotatable bonds is 5. The second kappa shape index (κ2) is 6.12. The molecule has 2 atom stereocenters. The highest BCUT2D eigenvalue weighted by Crippen LogP contribution is 2.24. The normalized spacial score (nSPS) is 21.6. The van der Waals surface area contributed by atoms with Crippen LogP contribution in [0.25, 0.3) is 0 Å². The molecule has 0 radical (unpaired) electrons. The summed E-state index contributed by atoms with van der Waals surface area (Å²) in [4.78, 5) is 4.38. The van der Waals surface area contributed by atoms with E-state index in [1.165, 1.54) is 18.4 Å². The number of pyridine rings is 1. The summed E-state index contributed by atoms with van der Waals surface area (Å²) in [6, 6.07) is 4.62. The highest BCUT2D eigenvalue weighted by Gasteiger charge is 2.21. The van der Waals surface area contributed by atoms with E-state index in [2.05, 4.69) is 29.4 Å². The lowest BCUT2D eigenvalue weighted by Gasteiger charge is -2.21. The van der Waals surface area contributed by atoms with Crippen LogP contribution < -0.4 is 5.32 Å². The number of hydrogen-bond acceptors (Lipinski definition) is 3. The molecule has 3 heteroatoms. The van der Waals surface area contributed by atoms with Gasteiger partial charge in [0, 0.05) is 24.5 Å². The third-order valence-electron chi connectivity index (χ3n) is 3.31. The van der Waals surface area contributed by atoms with Crippen LogP contribution in [0.2, 0.25) is 0 Å². The summed E-state index contributed by atoms with van der Waals surface area (Å²) < 4.78 is 5.71. The summed E-state index contributed by atoms with van der Waals surface area (Å²) in [6.45, 7) is 6.07. The molecular formula is C14H22N2O. The number of nitrogens with zero attached hydrogens (tertiary/aromatic N) is 1. The lowest BCUT2D eigenvalue weighted by molar-refractivity contribution is 0.0947. The molecule has 1 aromatic rings. The van der Waals surface area contributed by atoms with Gasteiger partial charge in [-0.2, -0.15) is 0 Å². The second-order valence-electron chi connectivity index (χ2n) is 4.71. The molecule has 1 fully saturated rings. The van der Waals surface area contributed by atoms with Crippen LogP contribution in [-0.4, -0.2) is 24.2 Å². The van der Waals surface area contributed by atoms with Crippen molar-refractivity contribution in [2.45, 2.75) is 45.3 Å². The van der Waals surface area contributed by atoms with E-state index < -0.39 is 0 Å². The molecule has 0 bridgehead atoms. The van der Waals surface area contributed by atoms with Crippen molar-refractivity contribution in [3.8, 4) is 0 Å². The first-order valence-electron chi connectivity index (χ1n) is 6.57. The molecule has 1 aliphatic heterocycles. The summed E-state index contributed by atoms with van der Waals surface area (Å²) in [6.07, 6.45) is 5.85. The fourth-order valence-electron chi connectivity index (χ4n) is 2.36. The molecule has 1 saturated heterocycles. The fourth-order valence-corrected chi connectivity index (χ4v) is 2.36. The van der Waals surface area contributed by atoms with Crippen LogP contribution in [-0.2, 0) is 4.74 Å². The van der Waals surface area contributed by atoms with Crippen molar-refractivity contribution < 1.29 is 4.74 Å². The lowest BCUT2D eigenvalue weighted by atomic mass is 10.0. The number of aromatic nitrogens is 1. The molecule has 1 N–H and O–H groups in total. The highest BCUT2D eigenvalue weighted by molar-refractivity contribution is 5.17. The minimum atomic E-state index is 0.371. The van der Waals surface area contributed by atoms with Crippen LogP contribution >= 0.6 is 0 Å². The van der Waals surface area contributed by atoms with Crippen molar-refractivity contribution in [1.29, 1.82) is 0 Å². The average molecular weight is 234 g/mol. The molecule has 1 aromatic heterocycles. The summed E-state index contributed by atoms with van der Waals surface area (Å²) in [5.74, 6) is 0. The van der Waals surface area contributed by atoms with Gasteiger partial charge in [0.2, 0.25) is 0 Å². The van der Waals surface area contributed by atoms with Crippen LogP contribution in [0, 0.1) is 6.92 Å². The Hall–Kier alpha value is -0.930. The largest absolute Gasteiger partial charge is 0.378 e. The van der Waals surface area contributed by atoms with E-state index in [-0.39, 0.29) is 0 Å². The molecular weight excluding hydrogens is 212 g/mol. The Kier molecular flexibility index (Phi) is 4.51. The van der Waals surface area contributed by atoms with Crippen molar-refractivity contribution in [3.05, 3.63) is 29.6 Å². The van der Waals surface area contributed by atoms with Gasteiger partial charge in [-0.1, -0.05) is 13.0 Å². The Balaban J connectivity index is 2.02. The van der Waals surface area contributed by atoms with Gasteiger partial charge < -0.3 is 10.1 Å². The van der Waals surface area contributed by atoms with Crippen molar-refractivity contribution in [3.63, 3.8) is 0 Å². The lowest BCUT2D eigenvalue weighted by Crippen LogP contribution is -2.25. The minimum absolute atomic E-state index is 0.371. The van der Waals surface area contributed by atoms with Crippen LogP contribution in [0.4, 0.5) is 0 Å². The summed E-state index contributed by atoms with van der Waals surface area (Å²) in [5, 5.41) is 3.53. The quantitative estimate of drug-likeness (QED) is 0.850. The Morgan fingerprint density at radius 3 is 3.00 bits per heavy atom. The fraction of sp³-hybridized carbons (Fsp3) is 0.643. The zero-order valence-corrected chi connectivity index (χ0v) is 10.8. The zero-order chi connectivity index (χ0) is 12.1. The van der Waals surface area contributed by atoms with E-state index in [1.807, 2.05) is 13.1 Å². The van der Waals surface area contributed by atoms with Crippen LogP contribution in [0.5, 0.6) is 0 Å². The van der Waals surface area contributed by atoms with Gasteiger partial charge in [-0.25, -0.2) is 0 Å². The Bertz CT molecular complexity index is 331. The number of ether oxygens (including phenoxy) is 1. The highest BCUT2D eigenvalue weighted by atomic mass is 16.5. The maximum atomic E-state index is 5.71. The van der Waals surface area contributed by atoms with Crippen molar-refractivity contribution in [2.75, 3.05) is 13.2 Å². The SMILES string of the molecule is CCNC(CC1CCCO1)c1ccc(C)nc1. The van der Waals surface area contributed by atoms with E-state index in [0.29, 0.717) is 12.1 Å². The Labute approximate surface area is 104 Å². The van der Waals surface area contributed by atoms with Gasteiger partial charge in [0.05, 0.1) is 6.10 Å². The van der Waals surface area contributed by atoms with E-state index in [1.54, 1.807) is 0 Å². The molecule has 0 aromatic carbocycles. The molecule has 3 nitrogen and oxygen atoms in total. The van der Waals surface area contributed by atoms with Crippen LogP contribution in [0.15, 0.2) is 18.3 Å². The van der Waals surface area contributed by atoms with Crippen LogP contribution in [0.3, 0.4) is 0 Å². The summed E-state index contributed by atoms with van der Waals surface area (Å²) >= 11 is 0. The van der Waals surface area contributed by atoms with E-state index in [4.69, 9.17) is 4.74 Å². The van der Waals surface area contributed by atoms with Gasteiger partial charge in [0.1, 0.15) is 0 Å². The molecule has 0 aliphatic carbocycles. The first kappa shape index (κ1) is 12.5.